The van der Waals surface area contributed by atoms with E-state index in [0.717, 1.165) is 18.4 Å². The van der Waals surface area contributed by atoms with E-state index in [1.165, 1.54) is 0 Å². The van der Waals surface area contributed by atoms with Gasteiger partial charge in [0.05, 0.1) is 0 Å². The van der Waals surface area contributed by atoms with Gasteiger partial charge in [-0.25, -0.2) is 0 Å². The van der Waals surface area contributed by atoms with Crippen LogP contribution in [0.5, 0.6) is 5.75 Å². The summed E-state index contributed by atoms with van der Waals surface area (Å²) in [5, 5.41) is 11.7. The number of hydrogen-bond donors (Lipinski definition) is 2. The van der Waals surface area contributed by atoms with Gasteiger partial charge in [-0.15, -0.1) is 0 Å². The lowest BCUT2D eigenvalue weighted by atomic mass is 10.1. The molecule has 0 aliphatic carbocycles. The molecule has 2 N–H and O–H groups in total. The minimum Gasteiger partial charge on any atom is -0.484 e. The Morgan fingerprint density at radius 3 is 2.63 bits per heavy atom. The molecule has 0 aromatic heterocycles. The summed E-state index contributed by atoms with van der Waals surface area (Å²) in [6, 6.07) is 7.60. The number of carbonyl (C=O) groups excluding carboxylic acids is 1. The monoisotopic (exact) mass is 265 g/mol. The zero-order valence-electron chi connectivity index (χ0n) is 11.7. The third-order valence-corrected chi connectivity index (χ3v) is 2.82. The number of ether oxygens (including phenoxy) is 1. The molecule has 1 aromatic rings. The van der Waals surface area contributed by atoms with Crippen LogP contribution in [0.2, 0.25) is 0 Å². The molecule has 0 fully saturated rings. The minimum atomic E-state index is -0.0969. The van der Waals surface area contributed by atoms with Crippen molar-refractivity contribution in [1.29, 1.82) is 0 Å². The van der Waals surface area contributed by atoms with Crippen LogP contribution >= 0.6 is 0 Å². The molecule has 0 heterocycles. The van der Waals surface area contributed by atoms with E-state index in [1.54, 1.807) is 0 Å². The molecule has 0 bridgehead atoms. The summed E-state index contributed by atoms with van der Waals surface area (Å²) in [6.07, 6.45) is 2.66. The van der Waals surface area contributed by atoms with E-state index in [0.29, 0.717) is 12.2 Å². The number of aliphatic hydroxyl groups is 1. The van der Waals surface area contributed by atoms with Gasteiger partial charge in [-0.2, -0.15) is 0 Å². The quantitative estimate of drug-likeness (QED) is 0.755. The number of carbonyl (C=O) groups is 1. The maximum Gasteiger partial charge on any atom is 0.258 e. The zero-order valence-corrected chi connectivity index (χ0v) is 11.7. The number of benzene rings is 1. The van der Waals surface area contributed by atoms with Crippen LogP contribution in [0.1, 0.15) is 32.3 Å². The molecule has 1 unspecified atom stereocenters. The molecule has 0 aliphatic heterocycles. The van der Waals surface area contributed by atoms with Crippen molar-refractivity contribution < 1.29 is 14.6 Å². The average molecular weight is 265 g/mol. The summed E-state index contributed by atoms with van der Waals surface area (Å²) in [6.45, 7) is 4.25. The molecule has 106 valence electrons. The van der Waals surface area contributed by atoms with Gasteiger partial charge in [0.1, 0.15) is 5.75 Å². The normalized spacial score (nSPS) is 11.9. The molecule has 4 nitrogen and oxygen atoms in total. The fourth-order valence-corrected chi connectivity index (χ4v) is 1.85. The first-order valence-corrected chi connectivity index (χ1v) is 6.77. The Bertz CT molecular complexity index is 375. The van der Waals surface area contributed by atoms with Gasteiger partial charge in [0.25, 0.3) is 5.91 Å². The van der Waals surface area contributed by atoms with Gasteiger partial charge in [0.15, 0.2) is 6.61 Å². The Morgan fingerprint density at radius 2 is 2.05 bits per heavy atom. The van der Waals surface area contributed by atoms with E-state index < -0.39 is 0 Å². The van der Waals surface area contributed by atoms with Gasteiger partial charge in [-0.3, -0.25) is 4.79 Å². The van der Waals surface area contributed by atoms with Crippen LogP contribution in [0.25, 0.3) is 0 Å². The highest BCUT2D eigenvalue weighted by Gasteiger charge is 2.07. The standard InChI is InChI=1S/C15H23NO3/c1-3-4-12(2)16-15(18)11-19-14-7-5-13(6-8-14)9-10-17/h5-8,12,17H,3-4,9-11H2,1-2H3,(H,16,18). The molecule has 0 aliphatic rings. The molecule has 0 radical (unpaired) electrons. The fraction of sp³-hybridized carbons (Fsp3) is 0.533. The van der Waals surface area contributed by atoms with Crippen molar-refractivity contribution in [2.75, 3.05) is 13.2 Å². The highest BCUT2D eigenvalue weighted by Crippen LogP contribution is 2.12. The Kier molecular flexibility index (Phi) is 6.97. The summed E-state index contributed by atoms with van der Waals surface area (Å²) in [5.74, 6) is 0.570. The second-order valence-corrected chi connectivity index (χ2v) is 4.66. The maximum absolute atomic E-state index is 11.6. The molecule has 1 atom stereocenters. The van der Waals surface area contributed by atoms with Gasteiger partial charge in [0.2, 0.25) is 0 Å². The predicted molar refractivity (Wildman–Crippen MR) is 75.2 cm³/mol. The van der Waals surface area contributed by atoms with E-state index in [2.05, 4.69) is 12.2 Å². The summed E-state index contributed by atoms with van der Waals surface area (Å²) >= 11 is 0. The molecule has 0 saturated carbocycles. The van der Waals surface area contributed by atoms with Gasteiger partial charge in [-0.1, -0.05) is 25.5 Å². The lowest BCUT2D eigenvalue weighted by molar-refractivity contribution is -0.123. The second-order valence-electron chi connectivity index (χ2n) is 4.66. The fourth-order valence-electron chi connectivity index (χ4n) is 1.85. The topological polar surface area (TPSA) is 58.6 Å². The van der Waals surface area contributed by atoms with Gasteiger partial charge in [0, 0.05) is 12.6 Å². The first-order chi connectivity index (χ1) is 9.15. The smallest absolute Gasteiger partial charge is 0.258 e. The molecule has 1 amide bonds. The van der Waals surface area contributed by atoms with Crippen LogP contribution in [-0.4, -0.2) is 30.3 Å². The van der Waals surface area contributed by atoms with Crippen LogP contribution < -0.4 is 10.1 Å². The number of hydrogen-bond acceptors (Lipinski definition) is 3. The second kappa shape index (κ2) is 8.53. The minimum absolute atomic E-state index is 0.0351. The van der Waals surface area contributed by atoms with E-state index in [9.17, 15) is 4.79 Å². The van der Waals surface area contributed by atoms with Crippen molar-refractivity contribution in [3.05, 3.63) is 29.8 Å². The highest BCUT2D eigenvalue weighted by molar-refractivity contribution is 5.77. The van der Waals surface area contributed by atoms with Gasteiger partial charge in [-0.05, 0) is 37.5 Å². The van der Waals surface area contributed by atoms with E-state index in [-0.39, 0.29) is 25.2 Å². The summed E-state index contributed by atoms with van der Waals surface area (Å²) in [5.41, 5.74) is 1.05. The summed E-state index contributed by atoms with van der Waals surface area (Å²) in [7, 11) is 0. The SMILES string of the molecule is CCCC(C)NC(=O)COc1ccc(CCO)cc1. The zero-order chi connectivity index (χ0) is 14.1. The number of nitrogens with one attached hydrogen (secondary N) is 1. The number of amides is 1. The molecule has 19 heavy (non-hydrogen) atoms. The number of rotatable bonds is 8. The lowest BCUT2D eigenvalue weighted by Gasteiger charge is -2.13. The van der Waals surface area contributed by atoms with Crippen molar-refractivity contribution >= 4 is 5.91 Å². The van der Waals surface area contributed by atoms with E-state index in [4.69, 9.17) is 9.84 Å². The van der Waals surface area contributed by atoms with Crippen LogP contribution in [0.3, 0.4) is 0 Å². The van der Waals surface area contributed by atoms with Crippen LogP contribution in [0.15, 0.2) is 24.3 Å². The average Bonchev–Trinajstić information content (AvgIpc) is 2.38. The van der Waals surface area contributed by atoms with Gasteiger partial charge >= 0.3 is 0 Å². The Morgan fingerprint density at radius 1 is 1.37 bits per heavy atom. The predicted octanol–water partition coefficient (Wildman–Crippen LogP) is 1.90. The Labute approximate surface area is 114 Å². The molecular formula is C15H23NO3. The highest BCUT2D eigenvalue weighted by atomic mass is 16.5. The van der Waals surface area contributed by atoms with Crippen molar-refractivity contribution in [1.82, 2.24) is 5.32 Å². The summed E-state index contributed by atoms with van der Waals surface area (Å²) in [4.78, 5) is 11.6. The molecule has 1 rings (SSSR count). The van der Waals surface area contributed by atoms with E-state index in [1.807, 2.05) is 31.2 Å². The van der Waals surface area contributed by atoms with Crippen molar-refractivity contribution in [2.24, 2.45) is 0 Å². The molecule has 0 spiro atoms. The number of aliphatic hydroxyl groups excluding tert-OH is 1. The summed E-state index contributed by atoms with van der Waals surface area (Å²) < 4.78 is 5.41. The van der Waals surface area contributed by atoms with Crippen LogP contribution in [-0.2, 0) is 11.2 Å². The largest absolute Gasteiger partial charge is 0.484 e. The Hall–Kier alpha value is -1.55. The van der Waals surface area contributed by atoms with Crippen LogP contribution in [0.4, 0.5) is 0 Å². The van der Waals surface area contributed by atoms with Crippen molar-refractivity contribution in [3.63, 3.8) is 0 Å². The third-order valence-electron chi connectivity index (χ3n) is 2.82. The lowest BCUT2D eigenvalue weighted by Crippen LogP contribution is -2.35. The molecular weight excluding hydrogens is 242 g/mol. The van der Waals surface area contributed by atoms with Crippen molar-refractivity contribution in [3.8, 4) is 5.75 Å². The first-order valence-electron chi connectivity index (χ1n) is 6.77. The van der Waals surface area contributed by atoms with Gasteiger partial charge < -0.3 is 15.2 Å². The molecule has 0 saturated heterocycles. The molecule has 1 aromatic carbocycles. The van der Waals surface area contributed by atoms with E-state index >= 15 is 0 Å². The third kappa shape index (κ3) is 6.25. The van der Waals surface area contributed by atoms with Crippen LogP contribution in [0, 0.1) is 0 Å². The first kappa shape index (κ1) is 15.5. The maximum atomic E-state index is 11.6. The Balaban J connectivity index is 2.33. The molecule has 4 heteroatoms. The van der Waals surface area contributed by atoms with Crippen molar-refractivity contribution in [2.45, 2.75) is 39.2 Å².